The number of ether oxygens (including phenoxy) is 1. The third-order valence-corrected chi connectivity index (χ3v) is 3.09. The molecule has 3 nitrogen and oxygen atoms in total. The van der Waals surface area contributed by atoms with E-state index in [-0.39, 0.29) is 0 Å². The zero-order valence-electron chi connectivity index (χ0n) is 6.35. The molecule has 0 saturated heterocycles. The summed E-state index contributed by atoms with van der Waals surface area (Å²) >= 11 is 2.99. The van der Waals surface area contributed by atoms with E-state index in [2.05, 4.69) is 9.36 Å². The van der Waals surface area contributed by atoms with Gasteiger partial charge in [0.25, 0.3) is 0 Å². The van der Waals surface area contributed by atoms with Crippen molar-refractivity contribution in [2.24, 2.45) is 0 Å². The minimum absolute atomic E-state index is 0.801. The number of methoxy groups -OCH3 is 1. The van der Waals surface area contributed by atoms with Crippen molar-refractivity contribution in [3.8, 4) is 15.6 Å². The van der Waals surface area contributed by atoms with Crippen molar-refractivity contribution in [1.29, 1.82) is 0 Å². The Morgan fingerprint density at radius 2 is 2.42 bits per heavy atom. The van der Waals surface area contributed by atoms with Gasteiger partial charge in [0.2, 0.25) is 0 Å². The van der Waals surface area contributed by atoms with Crippen LogP contribution in [-0.4, -0.2) is 16.5 Å². The maximum atomic E-state index is 5.12. The minimum atomic E-state index is 0.801. The normalized spacial score (nSPS) is 10.1. The van der Waals surface area contributed by atoms with Crippen LogP contribution in [0.2, 0.25) is 0 Å². The maximum Gasteiger partial charge on any atom is 0.159 e. The smallest absolute Gasteiger partial charge is 0.159 e. The first-order valence-electron chi connectivity index (χ1n) is 3.30. The van der Waals surface area contributed by atoms with Gasteiger partial charge in [0.05, 0.1) is 13.3 Å². The van der Waals surface area contributed by atoms with Gasteiger partial charge in [-0.05, 0) is 11.5 Å². The van der Waals surface area contributed by atoms with Crippen molar-refractivity contribution in [3.63, 3.8) is 0 Å². The SMILES string of the molecule is COc1cnsc1-c1nccs1. The van der Waals surface area contributed by atoms with E-state index in [1.54, 1.807) is 30.8 Å². The van der Waals surface area contributed by atoms with E-state index in [0.29, 0.717) is 0 Å². The predicted octanol–water partition coefficient (Wildman–Crippen LogP) is 2.28. The Bertz CT molecular complexity index is 355. The summed E-state index contributed by atoms with van der Waals surface area (Å²) in [6.45, 7) is 0. The monoisotopic (exact) mass is 198 g/mol. The van der Waals surface area contributed by atoms with Gasteiger partial charge in [-0.15, -0.1) is 11.3 Å². The van der Waals surface area contributed by atoms with E-state index in [1.807, 2.05) is 5.38 Å². The Labute approximate surface area is 77.8 Å². The molecule has 0 amide bonds. The Morgan fingerprint density at radius 1 is 1.50 bits per heavy atom. The molecule has 2 heterocycles. The van der Waals surface area contributed by atoms with Gasteiger partial charge in [-0.1, -0.05) is 0 Å². The van der Waals surface area contributed by atoms with Crippen LogP contribution in [0.5, 0.6) is 5.75 Å². The molecule has 0 unspecified atom stereocenters. The summed E-state index contributed by atoms with van der Waals surface area (Å²) < 4.78 is 9.16. The van der Waals surface area contributed by atoms with E-state index < -0.39 is 0 Å². The molecular formula is C7H6N2OS2. The second-order valence-corrected chi connectivity index (χ2v) is 3.76. The first-order valence-corrected chi connectivity index (χ1v) is 4.95. The van der Waals surface area contributed by atoms with Gasteiger partial charge < -0.3 is 4.74 Å². The Hall–Kier alpha value is -0.940. The zero-order chi connectivity index (χ0) is 8.39. The third kappa shape index (κ3) is 1.21. The van der Waals surface area contributed by atoms with Crippen LogP contribution in [0, 0.1) is 0 Å². The van der Waals surface area contributed by atoms with Gasteiger partial charge >= 0.3 is 0 Å². The summed E-state index contributed by atoms with van der Waals surface area (Å²) in [6, 6.07) is 0. The summed E-state index contributed by atoms with van der Waals surface area (Å²) in [5.41, 5.74) is 0. The third-order valence-electron chi connectivity index (χ3n) is 1.38. The molecule has 12 heavy (non-hydrogen) atoms. The predicted molar refractivity (Wildman–Crippen MR) is 49.8 cm³/mol. The molecule has 0 spiro atoms. The topological polar surface area (TPSA) is 35.0 Å². The molecule has 0 atom stereocenters. The molecule has 0 N–H and O–H groups in total. The number of hydrogen-bond acceptors (Lipinski definition) is 5. The second kappa shape index (κ2) is 3.20. The molecule has 2 aromatic heterocycles. The molecule has 2 rings (SSSR count). The second-order valence-electron chi connectivity index (χ2n) is 2.06. The van der Waals surface area contributed by atoms with Crippen molar-refractivity contribution in [3.05, 3.63) is 17.8 Å². The number of aromatic nitrogens is 2. The van der Waals surface area contributed by atoms with E-state index in [9.17, 15) is 0 Å². The van der Waals surface area contributed by atoms with Gasteiger partial charge in [0, 0.05) is 11.6 Å². The van der Waals surface area contributed by atoms with Crippen molar-refractivity contribution in [1.82, 2.24) is 9.36 Å². The average molecular weight is 198 g/mol. The minimum Gasteiger partial charge on any atom is -0.493 e. The molecule has 0 bridgehead atoms. The first-order chi connectivity index (χ1) is 5.92. The van der Waals surface area contributed by atoms with E-state index in [0.717, 1.165) is 15.6 Å². The lowest BCUT2D eigenvalue weighted by molar-refractivity contribution is 0.417. The van der Waals surface area contributed by atoms with E-state index in [1.165, 1.54) is 11.5 Å². The molecule has 5 heteroatoms. The lowest BCUT2D eigenvalue weighted by Gasteiger charge is -1.95. The van der Waals surface area contributed by atoms with E-state index >= 15 is 0 Å². The van der Waals surface area contributed by atoms with Crippen LogP contribution in [0.15, 0.2) is 17.8 Å². The van der Waals surface area contributed by atoms with E-state index in [4.69, 9.17) is 4.74 Å². The molecule has 0 aliphatic rings. The highest BCUT2D eigenvalue weighted by Crippen LogP contribution is 2.34. The summed E-state index contributed by atoms with van der Waals surface area (Å²) in [7, 11) is 1.64. The van der Waals surface area contributed by atoms with Crippen molar-refractivity contribution >= 4 is 22.9 Å². The Kier molecular flexibility index (Phi) is 2.05. The summed E-state index contributed by atoms with van der Waals surface area (Å²) in [4.78, 5) is 5.18. The standard InChI is InChI=1S/C7H6N2OS2/c1-10-5-4-9-12-6(5)7-8-2-3-11-7/h2-4H,1H3. The number of hydrogen-bond donors (Lipinski definition) is 0. The Balaban J connectivity index is 2.46. The molecule has 0 aromatic carbocycles. The fraction of sp³-hybridized carbons (Fsp3) is 0.143. The highest BCUT2D eigenvalue weighted by molar-refractivity contribution is 7.18. The molecule has 0 aliphatic heterocycles. The van der Waals surface area contributed by atoms with Gasteiger partial charge in [0.15, 0.2) is 5.75 Å². The van der Waals surface area contributed by atoms with Gasteiger partial charge in [-0.25, -0.2) is 4.98 Å². The summed E-state index contributed by atoms with van der Waals surface area (Å²) in [5, 5.41) is 2.91. The number of rotatable bonds is 2. The van der Waals surface area contributed by atoms with Crippen LogP contribution in [0.25, 0.3) is 9.88 Å². The summed E-state index contributed by atoms with van der Waals surface area (Å²) in [5.74, 6) is 0.801. The molecule has 2 aromatic rings. The van der Waals surface area contributed by atoms with Crippen molar-refractivity contribution < 1.29 is 4.74 Å². The molecule has 0 saturated carbocycles. The van der Waals surface area contributed by atoms with Crippen LogP contribution in [0.3, 0.4) is 0 Å². The fourth-order valence-corrected chi connectivity index (χ4v) is 2.30. The van der Waals surface area contributed by atoms with Crippen LogP contribution in [0.1, 0.15) is 0 Å². The highest BCUT2D eigenvalue weighted by Gasteiger charge is 2.09. The van der Waals surface area contributed by atoms with Crippen LogP contribution in [0.4, 0.5) is 0 Å². The average Bonchev–Trinajstić information content (AvgIpc) is 2.74. The zero-order valence-corrected chi connectivity index (χ0v) is 7.98. The first kappa shape index (κ1) is 7.70. The molecule has 0 fully saturated rings. The van der Waals surface area contributed by atoms with Crippen LogP contribution in [-0.2, 0) is 0 Å². The quantitative estimate of drug-likeness (QED) is 0.742. The van der Waals surface area contributed by atoms with Crippen molar-refractivity contribution in [2.75, 3.05) is 7.11 Å². The number of nitrogens with zero attached hydrogens (tertiary/aromatic N) is 2. The molecule has 62 valence electrons. The highest BCUT2D eigenvalue weighted by atomic mass is 32.1. The van der Waals surface area contributed by atoms with Gasteiger partial charge in [0.1, 0.15) is 9.88 Å². The Morgan fingerprint density at radius 3 is 3.08 bits per heavy atom. The molecular weight excluding hydrogens is 192 g/mol. The van der Waals surface area contributed by atoms with Gasteiger partial charge in [-0.3, -0.25) is 0 Å². The fourth-order valence-electron chi connectivity index (χ4n) is 0.856. The molecule has 0 aliphatic carbocycles. The van der Waals surface area contributed by atoms with Gasteiger partial charge in [-0.2, -0.15) is 4.37 Å². The lowest BCUT2D eigenvalue weighted by Crippen LogP contribution is -1.80. The van der Waals surface area contributed by atoms with Crippen LogP contribution < -0.4 is 4.74 Å². The van der Waals surface area contributed by atoms with Crippen molar-refractivity contribution in [2.45, 2.75) is 0 Å². The molecule has 0 radical (unpaired) electrons. The van der Waals surface area contributed by atoms with Crippen LogP contribution >= 0.6 is 22.9 Å². The largest absolute Gasteiger partial charge is 0.493 e. The number of thiazole rings is 1. The maximum absolute atomic E-state index is 5.12. The summed E-state index contributed by atoms with van der Waals surface area (Å²) in [6.07, 6.45) is 3.49. The lowest BCUT2D eigenvalue weighted by atomic mass is 10.5.